The van der Waals surface area contributed by atoms with Crippen LogP contribution in [0.15, 0.2) is 79.1 Å². The van der Waals surface area contributed by atoms with Crippen molar-refractivity contribution < 1.29 is 9.53 Å². The van der Waals surface area contributed by atoms with Gasteiger partial charge in [0.25, 0.3) is 5.91 Å². The van der Waals surface area contributed by atoms with Crippen LogP contribution in [0.4, 0.5) is 5.69 Å². The second kappa shape index (κ2) is 14.5. The minimum absolute atomic E-state index is 0.106. The van der Waals surface area contributed by atoms with Crippen LogP contribution in [-0.4, -0.2) is 26.0 Å². The number of benzene rings is 2. The maximum absolute atomic E-state index is 12.4. The molecule has 0 aliphatic carbocycles. The molecule has 0 bridgehead atoms. The molecule has 2 aromatic rings. The van der Waals surface area contributed by atoms with E-state index < -0.39 is 0 Å². The number of allylic oxidation sites excluding steroid dienone is 3. The second-order valence-electron chi connectivity index (χ2n) is 8.73. The van der Waals surface area contributed by atoms with Crippen molar-refractivity contribution in [2.75, 3.05) is 25.0 Å². The maximum Gasteiger partial charge on any atom is 0.286 e. The van der Waals surface area contributed by atoms with Crippen molar-refractivity contribution in [3.8, 4) is 17.6 Å². The standard InChI is InChI=1S/C31H38N2O2/c1-7-8-9-10-14-24(2)17-19-28-15-11-12-16-29(28)33(6)22-13-21-32-31(34)27(5)35-30-20-18-25(3)23-26(30)4/h7,11-12,14-16,18,20,23H,1,5,10,13,17,19,21-22H2,2-4,6H3,(H,32,34)/b24-14+. The smallest absolute Gasteiger partial charge is 0.286 e. The zero-order chi connectivity index (χ0) is 25.6. The SMILES string of the molecule is C=CC#CC/C=C(\C)CCc1ccccc1N(C)CCCNC(=O)C(=C)Oc1ccc(C)cc1C. The number of nitrogens with one attached hydrogen (secondary N) is 1. The Kier molecular flexibility index (Phi) is 11.4. The van der Waals surface area contributed by atoms with E-state index in [0.717, 1.165) is 43.4 Å². The molecule has 1 N–H and O–H groups in total. The van der Waals surface area contributed by atoms with E-state index in [1.165, 1.54) is 16.8 Å². The molecule has 4 heteroatoms. The molecule has 2 rings (SSSR count). The normalized spacial score (nSPS) is 10.7. The lowest BCUT2D eigenvalue weighted by molar-refractivity contribution is -0.119. The van der Waals surface area contributed by atoms with Gasteiger partial charge in [-0.2, -0.15) is 0 Å². The number of aryl methyl sites for hydroxylation is 3. The Bertz CT molecular complexity index is 1120. The third-order valence-electron chi connectivity index (χ3n) is 5.72. The summed E-state index contributed by atoms with van der Waals surface area (Å²) in [5, 5.41) is 2.91. The molecule has 0 heterocycles. The first-order valence-electron chi connectivity index (χ1n) is 12.1. The van der Waals surface area contributed by atoms with Gasteiger partial charge in [-0.15, -0.1) is 0 Å². The van der Waals surface area contributed by atoms with Gasteiger partial charge in [-0.25, -0.2) is 0 Å². The van der Waals surface area contributed by atoms with Gasteiger partial charge in [0, 0.05) is 32.2 Å². The Morgan fingerprint density at radius 2 is 1.97 bits per heavy atom. The molecular weight excluding hydrogens is 432 g/mol. The third kappa shape index (κ3) is 9.59. The van der Waals surface area contributed by atoms with Crippen LogP contribution < -0.4 is 15.0 Å². The quantitative estimate of drug-likeness (QED) is 0.130. The lowest BCUT2D eigenvalue weighted by Gasteiger charge is -2.23. The monoisotopic (exact) mass is 470 g/mol. The van der Waals surface area contributed by atoms with Gasteiger partial charge in [0.05, 0.1) is 0 Å². The van der Waals surface area contributed by atoms with Gasteiger partial charge in [-0.05, 0) is 69.4 Å². The summed E-state index contributed by atoms with van der Waals surface area (Å²) in [6.07, 6.45) is 7.35. The minimum Gasteiger partial charge on any atom is -0.452 e. The number of carbonyl (C=O) groups is 1. The molecule has 0 aromatic heterocycles. The zero-order valence-electron chi connectivity index (χ0n) is 21.6. The van der Waals surface area contributed by atoms with Gasteiger partial charge in [0.2, 0.25) is 0 Å². The molecule has 0 spiro atoms. The van der Waals surface area contributed by atoms with Crippen LogP contribution in [0.25, 0.3) is 0 Å². The number of rotatable bonds is 12. The average Bonchev–Trinajstić information content (AvgIpc) is 2.84. The highest BCUT2D eigenvalue weighted by Gasteiger charge is 2.11. The molecule has 184 valence electrons. The number of hydrogen-bond donors (Lipinski definition) is 1. The zero-order valence-corrected chi connectivity index (χ0v) is 21.6. The van der Waals surface area contributed by atoms with E-state index in [2.05, 4.69) is 79.5 Å². The van der Waals surface area contributed by atoms with Crippen LogP contribution in [-0.2, 0) is 11.2 Å². The Balaban J connectivity index is 1.80. The first-order chi connectivity index (χ1) is 16.8. The van der Waals surface area contributed by atoms with E-state index in [9.17, 15) is 4.79 Å². The van der Waals surface area contributed by atoms with E-state index >= 15 is 0 Å². The number of ether oxygens (including phenoxy) is 1. The predicted octanol–water partition coefficient (Wildman–Crippen LogP) is 6.30. The van der Waals surface area contributed by atoms with E-state index in [1.54, 1.807) is 6.08 Å². The Hall–Kier alpha value is -3.71. The summed E-state index contributed by atoms with van der Waals surface area (Å²) < 4.78 is 5.67. The highest BCUT2D eigenvalue weighted by atomic mass is 16.5. The second-order valence-corrected chi connectivity index (χ2v) is 8.73. The molecule has 0 radical (unpaired) electrons. The van der Waals surface area contributed by atoms with Crippen LogP contribution in [0.5, 0.6) is 5.75 Å². The third-order valence-corrected chi connectivity index (χ3v) is 5.72. The van der Waals surface area contributed by atoms with E-state index in [-0.39, 0.29) is 11.7 Å². The molecular formula is C31H38N2O2. The molecule has 0 saturated heterocycles. The maximum atomic E-state index is 12.4. The van der Waals surface area contributed by atoms with Crippen LogP contribution in [0.1, 0.15) is 42.9 Å². The number of nitrogens with zero attached hydrogens (tertiary/aromatic N) is 1. The van der Waals surface area contributed by atoms with Crippen LogP contribution in [0, 0.1) is 25.7 Å². The summed E-state index contributed by atoms with van der Waals surface area (Å²) in [6, 6.07) is 14.3. The van der Waals surface area contributed by atoms with Crippen LogP contribution >= 0.6 is 0 Å². The fourth-order valence-corrected chi connectivity index (χ4v) is 3.71. The molecule has 35 heavy (non-hydrogen) atoms. The molecule has 4 nitrogen and oxygen atoms in total. The van der Waals surface area contributed by atoms with Crippen molar-refractivity contribution in [1.29, 1.82) is 0 Å². The number of hydrogen-bond acceptors (Lipinski definition) is 3. The molecule has 0 aliphatic rings. The van der Waals surface area contributed by atoms with Crippen molar-refractivity contribution >= 4 is 11.6 Å². The number of anilines is 1. The average molecular weight is 471 g/mol. The summed E-state index contributed by atoms with van der Waals surface area (Å²) in [4.78, 5) is 14.6. The van der Waals surface area contributed by atoms with Crippen LogP contribution in [0.2, 0.25) is 0 Å². The predicted molar refractivity (Wildman–Crippen MR) is 148 cm³/mol. The summed E-state index contributed by atoms with van der Waals surface area (Å²) in [7, 11) is 2.09. The highest BCUT2D eigenvalue weighted by Crippen LogP contribution is 2.23. The molecule has 2 aromatic carbocycles. The van der Waals surface area contributed by atoms with E-state index in [1.807, 2.05) is 32.0 Å². The van der Waals surface area contributed by atoms with Gasteiger partial charge < -0.3 is 15.0 Å². The van der Waals surface area contributed by atoms with Crippen molar-refractivity contribution in [1.82, 2.24) is 5.32 Å². The Morgan fingerprint density at radius 3 is 2.71 bits per heavy atom. The molecule has 0 fully saturated rings. The van der Waals surface area contributed by atoms with Crippen molar-refractivity contribution in [3.63, 3.8) is 0 Å². The van der Waals surface area contributed by atoms with Crippen LogP contribution in [0.3, 0.4) is 0 Å². The molecule has 0 saturated carbocycles. The number of amides is 1. The number of carbonyl (C=O) groups excluding carboxylic acids is 1. The van der Waals surface area contributed by atoms with Gasteiger partial charge >= 0.3 is 0 Å². The van der Waals surface area contributed by atoms with Crippen molar-refractivity contribution in [2.45, 2.75) is 46.5 Å². The van der Waals surface area contributed by atoms with Gasteiger partial charge in [-0.3, -0.25) is 4.79 Å². The summed E-state index contributed by atoms with van der Waals surface area (Å²) in [6.45, 7) is 14.9. The summed E-state index contributed by atoms with van der Waals surface area (Å²) >= 11 is 0. The fourth-order valence-electron chi connectivity index (χ4n) is 3.71. The largest absolute Gasteiger partial charge is 0.452 e. The summed E-state index contributed by atoms with van der Waals surface area (Å²) in [5.74, 6) is 6.41. The van der Waals surface area contributed by atoms with Gasteiger partial charge in [-0.1, -0.05) is 72.5 Å². The number of para-hydroxylation sites is 1. The molecule has 0 aliphatic heterocycles. The Morgan fingerprint density at radius 1 is 1.20 bits per heavy atom. The van der Waals surface area contributed by atoms with Crippen molar-refractivity contribution in [3.05, 3.63) is 95.8 Å². The molecule has 0 unspecified atom stereocenters. The van der Waals surface area contributed by atoms with E-state index in [0.29, 0.717) is 12.3 Å². The van der Waals surface area contributed by atoms with E-state index in [4.69, 9.17) is 4.74 Å². The molecule has 0 atom stereocenters. The van der Waals surface area contributed by atoms with Crippen molar-refractivity contribution in [2.24, 2.45) is 0 Å². The summed E-state index contributed by atoms with van der Waals surface area (Å²) in [5.41, 5.74) is 6.01. The Labute approximate surface area is 211 Å². The first-order valence-corrected chi connectivity index (χ1v) is 12.1. The first kappa shape index (κ1) is 27.5. The topological polar surface area (TPSA) is 41.6 Å². The van der Waals surface area contributed by atoms with Gasteiger partial charge in [0.15, 0.2) is 5.76 Å². The molecule has 1 amide bonds. The fraction of sp³-hybridized carbons (Fsp3) is 0.323. The lowest BCUT2D eigenvalue weighted by Crippen LogP contribution is -2.30. The highest BCUT2D eigenvalue weighted by molar-refractivity contribution is 5.91. The van der Waals surface area contributed by atoms with Gasteiger partial charge in [0.1, 0.15) is 5.75 Å². The lowest BCUT2D eigenvalue weighted by atomic mass is 10.0. The minimum atomic E-state index is -0.284.